The van der Waals surface area contributed by atoms with Crippen LogP contribution in [0.2, 0.25) is 0 Å². The van der Waals surface area contributed by atoms with Crippen molar-refractivity contribution < 1.29 is 4.79 Å². The van der Waals surface area contributed by atoms with Crippen LogP contribution in [0.1, 0.15) is 23.1 Å². The first-order chi connectivity index (χ1) is 8.52. The largest absolute Gasteiger partial charge is 0.368 e. The Labute approximate surface area is 114 Å². The SMILES string of the molecule is CNC(CCSCc1cc(C)cc(C)c1)C(N)=O. The summed E-state index contributed by atoms with van der Waals surface area (Å²) in [5.74, 6) is 1.64. The summed E-state index contributed by atoms with van der Waals surface area (Å²) in [4.78, 5) is 11.0. The first kappa shape index (κ1) is 15.1. The van der Waals surface area contributed by atoms with Gasteiger partial charge in [0.15, 0.2) is 0 Å². The van der Waals surface area contributed by atoms with E-state index in [1.165, 1.54) is 16.7 Å². The quantitative estimate of drug-likeness (QED) is 0.742. The minimum Gasteiger partial charge on any atom is -0.368 e. The molecule has 0 saturated heterocycles. The molecule has 3 nitrogen and oxygen atoms in total. The average molecular weight is 266 g/mol. The lowest BCUT2D eigenvalue weighted by Gasteiger charge is -2.11. The first-order valence-corrected chi connectivity index (χ1v) is 7.30. The number of carbonyl (C=O) groups is 1. The number of nitrogens with one attached hydrogen (secondary N) is 1. The highest BCUT2D eigenvalue weighted by Crippen LogP contribution is 2.16. The summed E-state index contributed by atoms with van der Waals surface area (Å²) in [7, 11) is 1.77. The lowest BCUT2D eigenvalue weighted by Crippen LogP contribution is -2.39. The van der Waals surface area contributed by atoms with Crippen LogP contribution in [-0.4, -0.2) is 24.7 Å². The molecule has 0 aliphatic carbocycles. The van der Waals surface area contributed by atoms with E-state index < -0.39 is 0 Å². The standard InChI is InChI=1S/C14H22N2OS/c1-10-6-11(2)8-12(7-10)9-18-5-4-13(16-3)14(15)17/h6-8,13,16H,4-5,9H2,1-3H3,(H2,15,17). The maximum Gasteiger partial charge on any atom is 0.234 e. The Morgan fingerprint density at radius 1 is 1.33 bits per heavy atom. The van der Waals surface area contributed by atoms with Gasteiger partial charge in [-0.25, -0.2) is 0 Å². The molecule has 0 aliphatic heterocycles. The van der Waals surface area contributed by atoms with Gasteiger partial charge in [-0.1, -0.05) is 29.3 Å². The van der Waals surface area contributed by atoms with Gasteiger partial charge in [0.05, 0.1) is 6.04 Å². The van der Waals surface area contributed by atoms with Crippen LogP contribution in [0.4, 0.5) is 0 Å². The maximum absolute atomic E-state index is 11.0. The molecule has 1 aromatic rings. The molecule has 3 N–H and O–H groups in total. The smallest absolute Gasteiger partial charge is 0.234 e. The number of amides is 1. The van der Waals surface area contributed by atoms with Crippen LogP contribution in [0.25, 0.3) is 0 Å². The molecule has 1 unspecified atom stereocenters. The summed E-state index contributed by atoms with van der Waals surface area (Å²) in [6.45, 7) is 4.23. The zero-order valence-corrected chi connectivity index (χ0v) is 12.1. The molecule has 0 aromatic heterocycles. The summed E-state index contributed by atoms with van der Waals surface area (Å²) in [6.07, 6.45) is 0.779. The molecule has 1 aromatic carbocycles. The molecule has 1 rings (SSSR count). The molecule has 0 spiro atoms. The fourth-order valence-electron chi connectivity index (χ4n) is 1.97. The molecule has 1 atom stereocenters. The minimum absolute atomic E-state index is 0.211. The zero-order valence-electron chi connectivity index (χ0n) is 11.3. The molecule has 0 radical (unpaired) electrons. The second-order valence-electron chi connectivity index (χ2n) is 4.58. The second kappa shape index (κ2) is 7.44. The predicted octanol–water partition coefficient (Wildman–Crippen LogP) is 2.00. The topological polar surface area (TPSA) is 55.1 Å². The van der Waals surface area contributed by atoms with Gasteiger partial charge in [-0.05, 0) is 38.6 Å². The van der Waals surface area contributed by atoms with Crippen molar-refractivity contribution in [3.63, 3.8) is 0 Å². The van der Waals surface area contributed by atoms with Gasteiger partial charge < -0.3 is 11.1 Å². The highest BCUT2D eigenvalue weighted by Gasteiger charge is 2.11. The average Bonchev–Trinajstić information content (AvgIpc) is 2.27. The summed E-state index contributed by atoms with van der Waals surface area (Å²) in [5.41, 5.74) is 9.22. The third kappa shape index (κ3) is 5.10. The van der Waals surface area contributed by atoms with Crippen LogP contribution < -0.4 is 11.1 Å². The van der Waals surface area contributed by atoms with E-state index in [1.54, 1.807) is 7.05 Å². The van der Waals surface area contributed by atoms with E-state index >= 15 is 0 Å². The Balaban J connectivity index is 2.35. The second-order valence-corrected chi connectivity index (χ2v) is 5.69. The van der Waals surface area contributed by atoms with Gasteiger partial charge in [0.2, 0.25) is 5.91 Å². The first-order valence-electron chi connectivity index (χ1n) is 6.14. The fraction of sp³-hybridized carbons (Fsp3) is 0.500. The highest BCUT2D eigenvalue weighted by atomic mass is 32.2. The number of nitrogens with two attached hydrogens (primary N) is 1. The van der Waals surface area contributed by atoms with Crippen LogP contribution in [0, 0.1) is 13.8 Å². The van der Waals surface area contributed by atoms with E-state index in [4.69, 9.17) is 5.73 Å². The number of thioether (sulfide) groups is 1. The number of hydrogen-bond donors (Lipinski definition) is 2. The number of rotatable bonds is 7. The van der Waals surface area contributed by atoms with Gasteiger partial charge >= 0.3 is 0 Å². The lowest BCUT2D eigenvalue weighted by atomic mass is 10.1. The number of likely N-dealkylation sites (N-methyl/N-ethyl adjacent to an activating group) is 1. The Morgan fingerprint density at radius 2 is 1.94 bits per heavy atom. The molecule has 0 saturated carbocycles. The van der Waals surface area contributed by atoms with Crippen molar-refractivity contribution in [1.29, 1.82) is 0 Å². The van der Waals surface area contributed by atoms with E-state index in [2.05, 4.69) is 37.4 Å². The number of benzene rings is 1. The van der Waals surface area contributed by atoms with E-state index in [1.807, 2.05) is 11.8 Å². The normalized spacial score (nSPS) is 12.4. The molecular weight excluding hydrogens is 244 g/mol. The van der Waals surface area contributed by atoms with E-state index in [0.717, 1.165) is 17.9 Å². The summed E-state index contributed by atoms with van der Waals surface area (Å²) < 4.78 is 0. The van der Waals surface area contributed by atoms with Crippen molar-refractivity contribution in [1.82, 2.24) is 5.32 Å². The number of carbonyl (C=O) groups excluding carboxylic acids is 1. The molecule has 1 amide bonds. The maximum atomic E-state index is 11.0. The van der Waals surface area contributed by atoms with Crippen molar-refractivity contribution in [2.75, 3.05) is 12.8 Å². The Hall–Kier alpha value is -1.00. The Morgan fingerprint density at radius 3 is 2.44 bits per heavy atom. The summed E-state index contributed by atoms with van der Waals surface area (Å²) in [6, 6.07) is 6.39. The Bertz CT molecular complexity index is 387. The molecule has 18 heavy (non-hydrogen) atoms. The van der Waals surface area contributed by atoms with Crippen molar-refractivity contribution in [2.45, 2.75) is 32.1 Å². The zero-order chi connectivity index (χ0) is 13.5. The van der Waals surface area contributed by atoms with E-state index in [-0.39, 0.29) is 11.9 Å². The predicted molar refractivity (Wildman–Crippen MR) is 78.7 cm³/mol. The van der Waals surface area contributed by atoms with Crippen LogP contribution >= 0.6 is 11.8 Å². The van der Waals surface area contributed by atoms with Crippen LogP contribution in [0.3, 0.4) is 0 Å². The van der Waals surface area contributed by atoms with Gasteiger partial charge in [-0.15, -0.1) is 0 Å². The molecule has 0 fully saturated rings. The van der Waals surface area contributed by atoms with Crippen LogP contribution in [-0.2, 0) is 10.5 Å². The highest BCUT2D eigenvalue weighted by molar-refractivity contribution is 7.98. The number of aryl methyl sites for hydroxylation is 2. The molecular formula is C14H22N2OS. The molecule has 0 heterocycles. The van der Waals surface area contributed by atoms with Crippen molar-refractivity contribution in [3.05, 3.63) is 34.9 Å². The lowest BCUT2D eigenvalue weighted by molar-refractivity contribution is -0.119. The molecule has 4 heteroatoms. The minimum atomic E-state index is -0.274. The number of primary amides is 1. The van der Waals surface area contributed by atoms with Crippen molar-refractivity contribution in [3.8, 4) is 0 Å². The summed E-state index contributed by atoms with van der Waals surface area (Å²) >= 11 is 1.84. The number of hydrogen-bond acceptors (Lipinski definition) is 3. The monoisotopic (exact) mass is 266 g/mol. The van der Waals surface area contributed by atoms with Crippen LogP contribution in [0.5, 0.6) is 0 Å². The van der Waals surface area contributed by atoms with Crippen molar-refractivity contribution >= 4 is 17.7 Å². The third-order valence-electron chi connectivity index (χ3n) is 2.79. The summed E-state index contributed by atoms with van der Waals surface area (Å²) in [5, 5.41) is 2.93. The Kier molecular flexibility index (Phi) is 6.22. The van der Waals surface area contributed by atoms with Gasteiger partial charge in [-0.3, -0.25) is 4.79 Å². The van der Waals surface area contributed by atoms with Gasteiger partial charge in [0, 0.05) is 5.75 Å². The molecule has 0 bridgehead atoms. The molecule has 0 aliphatic rings. The molecule has 100 valence electrons. The van der Waals surface area contributed by atoms with Crippen LogP contribution in [0.15, 0.2) is 18.2 Å². The van der Waals surface area contributed by atoms with Gasteiger partial charge in [-0.2, -0.15) is 11.8 Å². The van der Waals surface area contributed by atoms with E-state index in [0.29, 0.717) is 0 Å². The van der Waals surface area contributed by atoms with E-state index in [9.17, 15) is 4.79 Å². The van der Waals surface area contributed by atoms with Crippen molar-refractivity contribution in [2.24, 2.45) is 5.73 Å². The van der Waals surface area contributed by atoms with Gasteiger partial charge in [0.1, 0.15) is 0 Å². The third-order valence-corrected chi connectivity index (χ3v) is 3.85. The van der Waals surface area contributed by atoms with Gasteiger partial charge in [0.25, 0.3) is 0 Å². The fourth-order valence-corrected chi connectivity index (χ4v) is 2.92.